The summed E-state index contributed by atoms with van der Waals surface area (Å²) >= 11 is 0. The van der Waals surface area contributed by atoms with Crippen molar-refractivity contribution in [3.63, 3.8) is 0 Å². The first kappa shape index (κ1) is 13.0. The molecule has 5 nitrogen and oxygen atoms in total. The first-order chi connectivity index (χ1) is 7.58. The van der Waals surface area contributed by atoms with Crippen molar-refractivity contribution in [1.82, 2.24) is 10.2 Å². The molecule has 0 aromatic carbocycles. The van der Waals surface area contributed by atoms with Crippen LogP contribution in [0.4, 0.5) is 0 Å². The van der Waals surface area contributed by atoms with E-state index in [1.165, 1.54) is 14.0 Å². The number of esters is 1. The van der Waals surface area contributed by atoms with E-state index < -0.39 is 0 Å². The zero-order chi connectivity index (χ0) is 12.1. The predicted octanol–water partition coefficient (Wildman–Crippen LogP) is 0.00590. The molecular weight excluding hydrogens is 208 g/mol. The Morgan fingerprint density at radius 1 is 1.44 bits per heavy atom. The molecule has 1 heterocycles. The average molecular weight is 228 g/mol. The zero-order valence-corrected chi connectivity index (χ0v) is 10.2. The number of nitrogens with one attached hydrogen (secondary N) is 1. The fraction of sp³-hybridized carbons (Fsp3) is 0.818. The lowest BCUT2D eigenvalue weighted by Gasteiger charge is -2.36. The summed E-state index contributed by atoms with van der Waals surface area (Å²) in [6.45, 7) is 5.54. The molecule has 5 heteroatoms. The smallest absolute Gasteiger partial charge is 0.310 e. The molecule has 0 bridgehead atoms. The normalized spacial score (nSPS) is 25.3. The predicted molar refractivity (Wildman–Crippen MR) is 59.8 cm³/mol. The number of likely N-dealkylation sites (N-methyl/N-ethyl adjacent to an activating group) is 1. The summed E-state index contributed by atoms with van der Waals surface area (Å²) in [7, 11) is 1.39. The maximum atomic E-state index is 11.5. The molecule has 0 radical (unpaired) electrons. The van der Waals surface area contributed by atoms with E-state index in [0.717, 1.165) is 13.0 Å². The van der Waals surface area contributed by atoms with Gasteiger partial charge in [0.15, 0.2) is 0 Å². The number of carbonyl (C=O) groups is 2. The van der Waals surface area contributed by atoms with E-state index >= 15 is 0 Å². The van der Waals surface area contributed by atoms with Gasteiger partial charge >= 0.3 is 5.97 Å². The molecule has 0 saturated carbocycles. The van der Waals surface area contributed by atoms with E-state index in [1.807, 2.05) is 6.92 Å². The Labute approximate surface area is 96.1 Å². The van der Waals surface area contributed by atoms with Gasteiger partial charge in [-0.05, 0) is 13.0 Å². The van der Waals surface area contributed by atoms with Crippen LogP contribution in [0.3, 0.4) is 0 Å². The first-order valence-corrected chi connectivity index (χ1v) is 5.65. The third-order valence-corrected chi connectivity index (χ3v) is 2.92. The highest BCUT2D eigenvalue weighted by molar-refractivity contribution is 5.76. The molecule has 1 fully saturated rings. The Balaban J connectivity index is 2.66. The van der Waals surface area contributed by atoms with Gasteiger partial charge in [0.05, 0.1) is 13.0 Å². The van der Waals surface area contributed by atoms with Crippen molar-refractivity contribution in [2.45, 2.75) is 26.3 Å². The van der Waals surface area contributed by atoms with Crippen molar-refractivity contribution in [3.8, 4) is 0 Å². The molecule has 1 aliphatic rings. The van der Waals surface area contributed by atoms with Crippen molar-refractivity contribution in [2.75, 3.05) is 26.7 Å². The fourth-order valence-electron chi connectivity index (χ4n) is 2.13. The first-order valence-electron chi connectivity index (χ1n) is 5.65. The fourth-order valence-corrected chi connectivity index (χ4v) is 2.13. The van der Waals surface area contributed by atoms with Gasteiger partial charge in [0.25, 0.3) is 0 Å². The quantitative estimate of drug-likeness (QED) is 0.691. The third kappa shape index (κ3) is 3.20. The molecular formula is C11H20N2O3. The molecule has 16 heavy (non-hydrogen) atoms. The number of carbonyl (C=O) groups excluding carboxylic acids is 2. The minimum absolute atomic E-state index is 0.0107. The van der Waals surface area contributed by atoms with Gasteiger partial charge in [0.1, 0.15) is 0 Å². The summed E-state index contributed by atoms with van der Waals surface area (Å²) in [5, 5.41) is 3.28. The number of likely N-dealkylation sites (tertiary alicyclic amines) is 1. The minimum atomic E-state index is -0.228. The minimum Gasteiger partial charge on any atom is -0.469 e. The lowest BCUT2D eigenvalue weighted by Crippen LogP contribution is -2.52. The summed E-state index contributed by atoms with van der Waals surface area (Å²) < 4.78 is 4.74. The zero-order valence-electron chi connectivity index (χ0n) is 10.2. The monoisotopic (exact) mass is 228 g/mol. The number of hydrogen-bond donors (Lipinski definition) is 1. The summed E-state index contributed by atoms with van der Waals surface area (Å²) in [5.41, 5.74) is 0. The molecule has 1 amide bonds. The van der Waals surface area contributed by atoms with E-state index in [-0.39, 0.29) is 23.8 Å². The summed E-state index contributed by atoms with van der Waals surface area (Å²) in [6, 6.07) is 0.187. The van der Waals surface area contributed by atoms with Crippen LogP contribution in [0.5, 0.6) is 0 Å². The summed E-state index contributed by atoms with van der Waals surface area (Å²) in [6.07, 6.45) is 0.740. The number of ether oxygens (including phenoxy) is 1. The summed E-state index contributed by atoms with van der Waals surface area (Å²) in [4.78, 5) is 24.6. The van der Waals surface area contributed by atoms with E-state index in [0.29, 0.717) is 13.1 Å². The van der Waals surface area contributed by atoms with Gasteiger partial charge in [0.2, 0.25) is 5.91 Å². The van der Waals surface area contributed by atoms with Crippen LogP contribution in [-0.2, 0) is 14.3 Å². The molecule has 0 aromatic rings. The topological polar surface area (TPSA) is 58.6 Å². The van der Waals surface area contributed by atoms with Crippen molar-refractivity contribution in [2.24, 2.45) is 5.92 Å². The standard InChI is InChI=1S/C11H20N2O3/c1-4-12-10-5-9(11(15)16-3)6-13(7-10)8(2)14/h9-10,12H,4-7H2,1-3H3. The van der Waals surface area contributed by atoms with Crippen LogP contribution in [0.1, 0.15) is 20.3 Å². The highest BCUT2D eigenvalue weighted by atomic mass is 16.5. The molecule has 2 atom stereocenters. The number of hydrogen-bond acceptors (Lipinski definition) is 4. The van der Waals surface area contributed by atoms with Crippen LogP contribution in [0.25, 0.3) is 0 Å². The van der Waals surface area contributed by atoms with Gasteiger partial charge < -0.3 is 15.0 Å². The van der Waals surface area contributed by atoms with Crippen molar-refractivity contribution in [3.05, 3.63) is 0 Å². The van der Waals surface area contributed by atoms with Gasteiger partial charge in [-0.15, -0.1) is 0 Å². The number of methoxy groups -OCH3 is 1. The van der Waals surface area contributed by atoms with Crippen LogP contribution < -0.4 is 5.32 Å². The van der Waals surface area contributed by atoms with Crippen molar-refractivity contribution >= 4 is 11.9 Å². The molecule has 92 valence electrons. The Bertz CT molecular complexity index is 268. The largest absolute Gasteiger partial charge is 0.469 e. The molecule has 1 N–H and O–H groups in total. The Morgan fingerprint density at radius 2 is 2.12 bits per heavy atom. The number of nitrogens with zero attached hydrogens (tertiary/aromatic N) is 1. The summed E-state index contributed by atoms with van der Waals surface area (Å²) in [5.74, 6) is -0.419. The van der Waals surface area contributed by atoms with Gasteiger partial charge in [-0.3, -0.25) is 9.59 Å². The van der Waals surface area contributed by atoms with Crippen LogP contribution in [0.15, 0.2) is 0 Å². The van der Waals surface area contributed by atoms with Gasteiger partial charge in [-0.1, -0.05) is 6.92 Å². The second-order valence-corrected chi connectivity index (χ2v) is 4.13. The maximum absolute atomic E-state index is 11.5. The molecule has 1 saturated heterocycles. The van der Waals surface area contributed by atoms with Gasteiger partial charge in [0, 0.05) is 26.1 Å². The van der Waals surface area contributed by atoms with Gasteiger partial charge in [-0.25, -0.2) is 0 Å². The number of amides is 1. The van der Waals surface area contributed by atoms with E-state index in [1.54, 1.807) is 4.90 Å². The molecule has 0 spiro atoms. The molecule has 1 rings (SSSR count). The molecule has 0 aliphatic carbocycles. The lowest BCUT2D eigenvalue weighted by molar-refractivity contribution is -0.149. The van der Waals surface area contributed by atoms with Gasteiger partial charge in [-0.2, -0.15) is 0 Å². The lowest BCUT2D eigenvalue weighted by atomic mass is 9.94. The average Bonchev–Trinajstić information content (AvgIpc) is 2.28. The second kappa shape index (κ2) is 5.84. The second-order valence-electron chi connectivity index (χ2n) is 4.13. The van der Waals surface area contributed by atoms with Crippen LogP contribution >= 0.6 is 0 Å². The number of rotatable bonds is 3. The van der Waals surface area contributed by atoms with Crippen LogP contribution in [-0.4, -0.2) is 49.6 Å². The molecule has 2 unspecified atom stereocenters. The van der Waals surface area contributed by atoms with Crippen LogP contribution in [0.2, 0.25) is 0 Å². The Kier molecular flexibility index (Phi) is 4.73. The van der Waals surface area contributed by atoms with E-state index in [2.05, 4.69) is 5.32 Å². The van der Waals surface area contributed by atoms with Crippen molar-refractivity contribution < 1.29 is 14.3 Å². The molecule has 1 aliphatic heterocycles. The van der Waals surface area contributed by atoms with E-state index in [9.17, 15) is 9.59 Å². The Morgan fingerprint density at radius 3 is 2.62 bits per heavy atom. The van der Waals surface area contributed by atoms with Crippen LogP contribution in [0, 0.1) is 5.92 Å². The highest BCUT2D eigenvalue weighted by Gasteiger charge is 2.32. The van der Waals surface area contributed by atoms with E-state index in [4.69, 9.17) is 4.74 Å². The number of piperidine rings is 1. The third-order valence-electron chi connectivity index (χ3n) is 2.92. The molecule has 0 aromatic heterocycles. The highest BCUT2D eigenvalue weighted by Crippen LogP contribution is 2.18. The Hall–Kier alpha value is -1.10. The maximum Gasteiger partial charge on any atom is 0.310 e. The SMILES string of the molecule is CCNC1CC(C(=O)OC)CN(C(C)=O)C1. The van der Waals surface area contributed by atoms with Crippen molar-refractivity contribution in [1.29, 1.82) is 0 Å².